The highest BCUT2D eigenvalue weighted by atomic mass is 15.1. The summed E-state index contributed by atoms with van der Waals surface area (Å²) < 4.78 is 0. The Morgan fingerprint density at radius 3 is 1.08 bits per heavy atom. The predicted octanol–water partition coefficient (Wildman–Crippen LogP) is 13.8. The molecule has 0 saturated heterocycles. The van der Waals surface area contributed by atoms with Crippen molar-refractivity contribution in [2.75, 3.05) is 9.80 Å². The average molecular weight is 625 g/mol. The maximum absolute atomic E-state index is 2.39. The van der Waals surface area contributed by atoms with E-state index < -0.39 is 0 Å². The van der Waals surface area contributed by atoms with E-state index in [-0.39, 0.29) is 0 Å². The van der Waals surface area contributed by atoms with Gasteiger partial charge in [-0.3, -0.25) is 0 Å². The Labute approximate surface area is 285 Å². The van der Waals surface area contributed by atoms with Crippen LogP contribution in [0.3, 0.4) is 0 Å². The van der Waals surface area contributed by atoms with Gasteiger partial charge in [0.2, 0.25) is 0 Å². The molecular weight excluding hydrogens is 581 g/mol. The van der Waals surface area contributed by atoms with Crippen LogP contribution in [0.25, 0.3) is 21.5 Å². The molecule has 2 nitrogen and oxygen atoms in total. The first-order valence-corrected chi connectivity index (χ1v) is 17.2. The Bertz CT molecular complexity index is 2080. The van der Waals surface area contributed by atoms with E-state index in [0.29, 0.717) is 11.8 Å². The van der Waals surface area contributed by atoms with Gasteiger partial charge < -0.3 is 9.80 Å². The van der Waals surface area contributed by atoms with Gasteiger partial charge in [0, 0.05) is 34.1 Å². The minimum atomic E-state index is 0.457. The minimum absolute atomic E-state index is 0.457. The van der Waals surface area contributed by atoms with E-state index in [1.165, 1.54) is 66.5 Å². The normalized spacial score (nSPS) is 11.5. The number of anilines is 6. The number of benzene rings is 7. The van der Waals surface area contributed by atoms with Gasteiger partial charge in [0.05, 0.1) is 0 Å². The van der Waals surface area contributed by atoms with Gasteiger partial charge in [-0.15, -0.1) is 0 Å². The molecule has 238 valence electrons. The average Bonchev–Trinajstić information content (AvgIpc) is 3.08. The summed E-state index contributed by atoms with van der Waals surface area (Å²) in [5, 5.41) is 4.97. The van der Waals surface area contributed by atoms with Crippen LogP contribution in [0.1, 0.15) is 61.8 Å². The Morgan fingerprint density at radius 2 is 0.708 bits per heavy atom. The molecular formula is C46H44N2. The van der Waals surface area contributed by atoms with Crippen LogP contribution in [0.5, 0.6) is 0 Å². The molecule has 0 atom stereocenters. The first-order chi connectivity index (χ1) is 23.2. The quantitative estimate of drug-likeness (QED) is 0.155. The number of nitrogens with zero attached hydrogens (tertiary/aromatic N) is 2. The van der Waals surface area contributed by atoms with Crippen molar-refractivity contribution in [1.29, 1.82) is 0 Å². The highest BCUT2D eigenvalue weighted by Gasteiger charge is 2.17. The second-order valence-corrected chi connectivity index (χ2v) is 13.7. The lowest BCUT2D eigenvalue weighted by molar-refractivity contribution is 0.866. The number of fused-ring (bicyclic) bond motifs is 3. The molecule has 0 amide bonds. The molecule has 0 aliphatic rings. The van der Waals surface area contributed by atoms with Crippen molar-refractivity contribution in [2.45, 2.75) is 53.4 Å². The van der Waals surface area contributed by atoms with Gasteiger partial charge in [-0.1, -0.05) is 100 Å². The molecule has 48 heavy (non-hydrogen) atoms. The van der Waals surface area contributed by atoms with Gasteiger partial charge in [0.1, 0.15) is 0 Å². The van der Waals surface area contributed by atoms with E-state index in [9.17, 15) is 0 Å². The van der Waals surface area contributed by atoms with Crippen molar-refractivity contribution in [1.82, 2.24) is 0 Å². The predicted molar refractivity (Wildman–Crippen MR) is 208 cm³/mol. The summed E-state index contributed by atoms with van der Waals surface area (Å²) in [6, 6.07) is 53.9. The van der Waals surface area contributed by atoms with Crippen molar-refractivity contribution < 1.29 is 0 Å². The number of rotatable bonds is 8. The lowest BCUT2D eigenvalue weighted by Gasteiger charge is -2.27. The van der Waals surface area contributed by atoms with Crippen molar-refractivity contribution >= 4 is 55.7 Å². The van der Waals surface area contributed by atoms with Crippen LogP contribution in [-0.2, 0) is 0 Å². The van der Waals surface area contributed by atoms with Crippen LogP contribution in [0, 0.1) is 13.8 Å². The fraction of sp³-hybridized carbons (Fsp3) is 0.174. The largest absolute Gasteiger partial charge is 0.310 e. The van der Waals surface area contributed by atoms with E-state index in [4.69, 9.17) is 0 Å². The molecule has 0 aliphatic carbocycles. The third-order valence-corrected chi connectivity index (χ3v) is 9.43. The van der Waals surface area contributed by atoms with Crippen molar-refractivity contribution in [3.05, 3.63) is 168 Å². The minimum Gasteiger partial charge on any atom is -0.310 e. The maximum atomic E-state index is 2.39. The Morgan fingerprint density at radius 1 is 0.354 bits per heavy atom. The van der Waals surface area contributed by atoms with E-state index in [1.807, 2.05) is 0 Å². The first kappa shape index (κ1) is 31.3. The summed E-state index contributed by atoms with van der Waals surface area (Å²) in [6.07, 6.45) is 0. The van der Waals surface area contributed by atoms with Gasteiger partial charge >= 0.3 is 0 Å². The van der Waals surface area contributed by atoms with Crippen LogP contribution in [-0.4, -0.2) is 0 Å². The Balaban J connectivity index is 1.34. The molecule has 0 spiro atoms. The van der Waals surface area contributed by atoms with E-state index in [0.717, 1.165) is 11.4 Å². The summed E-state index contributed by atoms with van der Waals surface area (Å²) >= 11 is 0. The molecule has 7 aromatic carbocycles. The smallest absolute Gasteiger partial charge is 0.0468 e. The third kappa shape index (κ3) is 6.19. The molecule has 0 N–H and O–H groups in total. The number of hydrogen-bond donors (Lipinski definition) is 0. The molecule has 0 aromatic heterocycles. The highest BCUT2D eigenvalue weighted by molar-refractivity contribution is 6.09. The van der Waals surface area contributed by atoms with E-state index in [2.05, 4.69) is 197 Å². The van der Waals surface area contributed by atoms with Crippen molar-refractivity contribution in [2.24, 2.45) is 0 Å². The van der Waals surface area contributed by atoms with Crippen LogP contribution < -0.4 is 9.80 Å². The van der Waals surface area contributed by atoms with Gasteiger partial charge in [-0.25, -0.2) is 0 Å². The molecule has 0 aliphatic heterocycles. The molecule has 0 bridgehead atoms. The van der Waals surface area contributed by atoms with E-state index in [1.54, 1.807) is 0 Å². The first-order valence-electron chi connectivity index (χ1n) is 17.2. The molecule has 2 heteroatoms. The molecule has 0 fully saturated rings. The molecule has 0 saturated carbocycles. The van der Waals surface area contributed by atoms with Crippen LogP contribution in [0.2, 0.25) is 0 Å². The monoisotopic (exact) mass is 624 g/mol. The lowest BCUT2D eigenvalue weighted by atomic mass is 9.99. The zero-order valence-electron chi connectivity index (χ0n) is 28.9. The van der Waals surface area contributed by atoms with Crippen molar-refractivity contribution in [3.63, 3.8) is 0 Å². The van der Waals surface area contributed by atoms with Crippen molar-refractivity contribution in [3.8, 4) is 0 Å². The zero-order chi connectivity index (χ0) is 33.4. The number of hydrogen-bond acceptors (Lipinski definition) is 2. The fourth-order valence-electron chi connectivity index (χ4n) is 6.80. The van der Waals surface area contributed by atoms with Crippen LogP contribution >= 0.6 is 0 Å². The van der Waals surface area contributed by atoms with E-state index >= 15 is 0 Å². The Hall–Kier alpha value is -5.34. The molecule has 7 rings (SSSR count). The summed E-state index contributed by atoms with van der Waals surface area (Å²) in [6.45, 7) is 13.3. The van der Waals surface area contributed by atoms with Gasteiger partial charge in [-0.05, 0) is 142 Å². The highest BCUT2D eigenvalue weighted by Crippen LogP contribution is 2.41. The summed E-state index contributed by atoms with van der Waals surface area (Å²) in [4.78, 5) is 4.77. The molecule has 7 aromatic rings. The number of aryl methyl sites for hydroxylation is 2. The van der Waals surface area contributed by atoms with Gasteiger partial charge in [0.15, 0.2) is 0 Å². The summed E-state index contributed by atoms with van der Waals surface area (Å²) in [7, 11) is 0. The van der Waals surface area contributed by atoms with Crippen LogP contribution in [0.15, 0.2) is 146 Å². The topological polar surface area (TPSA) is 6.48 Å². The fourth-order valence-corrected chi connectivity index (χ4v) is 6.80. The molecule has 0 radical (unpaired) electrons. The van der Waals surface area contributed by atoms with Gasteiger partial charge in [-0.2, -0.15) is 0 Å². The lowest BCUT2D eigenvalue weighted by Crippen LogP contribution is -2.11. The molecule has 0 unspecified atom stereocenters. The summed E-state index contributed by atoms with van der Waals surface area (Å²) in [5.41, 5.74) is 12.2. The van der Waals surface area contributed by atoms with Crippen LogP contribution in [0.4, 0.5) is 34.1 Å². The third-order valence-electron chi connectivity index (χ3n) is 9.43. The maximum Gasteiger partial charge on any atom is 0.0468 e. The molecule has 0 heterocycles. The van der Waals surface area contributed by atoms with Gasteiger partial charge in [0.25, 0.3) is 0 Å². The zero-order valence-corrected chi connectivity index (χ0v) is 28.9. The standard InChI is InChI=1S/C46H44N2/c1-31(2)35-13-9-17-41(27-35)47(39-15-7-11-33(5)25-39)43-21-23-45-37(29-43)19-20-38-30-44(22-24-46(38)45)48(40-16-8-12-34(6)26-40)42-18-10-14-36(28-42)32(3)4/h7-32H,1-6H3. The second-order valence-electron chi connectivity index (χ2n) is 13.7. The SMILES string of the molecule is Cc1cccc(N(c2cccc(C(C)C)c2)c2ccc3c(ccc4cc(N(c5cccc(C)c5)c5cccc(C(C)C)c5)ccc43)c2)c1. The second kappa shape index (κ2) is 13.0. The summed E-state index contributed by atoms with van der Waals surface area (Å²) in [5.74, 6) is 0.913. The Kier molecular flexibility index (Phi) is 8.50.